The maximum absolute atomic E-state index is 6.37. The van der Waals surface area contributed by atoms with E-state index in [1.54, 1.807) is 0 Å². The summed E-state index contributed by atoms with van der Waals surface area (Å²) in [6.45, 7) is 10.1. The molecule has 2 rings (SSSR count). The summed E-state index contributed by atoms with van der Waals surface area (Å²) in [7, 11) is 0. The lowest BCUT2D eigenvalue weighted by Crippen LogP contribution is -2.45. The minimum atomic E-state index is 0.223. The van der Waals surface area contributed by atoms with Gasteiger partial charge in [0.1, 0.15) is 0 Å². The Morgan fingerprint density at radius 1 is 1.32 bits per heavy atom. The fourth-order valence-electron chi connectivity index (χ4n) is 2.57. The molecule has 1 fully saturated rings. The molecule has 0 unspecified atom stereocenters. The van der Waals surface area contributed by atoms with Crippen LogP contribution in [0.15, 0.2) is 30.4 Å². The van der Waals surface area contributed by atoms with E-state index in [-0.39, 0.29) is 6.04 Å². The topological polar surface area (TPSA) is 15.3 Å². The molecule has 4 heteroatoms. The highest BCUT2D eigenvalue weighted by atomic mass is 35.5. The van der Waals surface area contributed by atoms with Crippen LogP contribution in [0.2, 0.25) is 10.0 Å². The molecule has 1 atom stereocenters. The summed E-state index contributed by atoms with van der Waals surface area (Å²) < 4.78 is 0. The summed E-state index contributed by atoms with van der Waals surface area (Å²) in [4.78, 5) is 2.44. The van der Waals surface area contributed by atoms with Gasteiger partial charge in [-0.25, -0.2) is 0 Å². The molecular formula is C15H20Cl2N2. The highest BCUT2D eigenvalue weighted by molar-refractivity contribution is 6.36. The second-order valence-corrected chi connectivity index (χ2v) is 5.91. The van der Waals surface area contributed by atoms with Crippen LogP contribution < -0.4 is 5.32 Å². The third-order valence-corrected chi connectivity index (χ3v) is 4.13. The van der Waals surface area contributed by atoms with Crippen molar-refractivity contribution in [1.29, 1.82) is 0 Å². The molecule has 1 saturated heterocycles. The fraction of sp³-hybridized carbons (Fsp3) is 0.467. The zero-order valence-corrected chi connectivity index (χ0v) is 12.8. The Bertz CT molecular complexity index is 433. The number of rotatable bonds is 4. The van der Waals surface area contributed by atoms with E-state index in [2.05, 4.69) is 23.7 Å². The number of nitrogens with zero attached hydrogens (tertiary/aromatic N) is 1. The van der Waals surface area contributed by atoms with Crippen LogP contribution in [0.5, 0.6) is 0 Å². The lowest BCUT2D eigenvalue weighted by Gasteiger charge is -2.36. The number of halogens is 2. The van der Waals surface area contributed by atoms with Gasteiger partial charge in [-0.15, -0.1) is 6.58 Å². The van der Waals surface area contributed by atoms with Crippen LogP contribution >= 0.6 is 23.2 Å². The largest absolute Gasteiger partial charge is 0.314 e. The molecular weight excluding hydrogens is 279 g/mol. The first-order valence-electron chi connectivity index (χ1n) is 6.62. The first-order chi connectivity index (χ1) is 9.09. The van der Waals surface area contributed by atoms with Crippen LogP contribution in [0.25, 0.3) is 0 Å². The monoisotopic (exact) mass is 298 g/mol. The van der Waals surface area contributed by atoms with Crippen molar-refractivity contribution in [3.8, 4) is 0 Å². The molecule has 0 radical (unpaired) electrons. The average molecular weight is 299 g/mol. The van der Waals surface area contributed by atoms with Crippen molar-refractivity contribution >= 4 is 23.2 Å². The van der Waals surface area contributed by atoms with E-state index in [1.165, 1.54) is 0 Å². The van der Waals surface area contributed by atoms with Crippen molar-refractivity contribution in [2.75, 3.05) is 26.2 Å². The van der Waals surface area contributed by atoms with Gasteiger partial charge in [0, 0.05) is 47.8 Å². The molecule has 0 bridgehead atoms. The molecule has 0 saturated carbocycles. The van der Waals surface area contributed by atoms with E-state index in [9.17, 15) is 0 Å². The van der Waals surface area contributed by atoms with Crippen LogP contribution in [-0.4, -0.2) is 31.1 Å². The smallest absolute Gasteiger partial charge is 0.0468 e. The van der Waals surface area contributed by atoms with Crippen molar-refractivity contribution in [2.45, 2.75) is 19.4 Å². The summed E-state index contributed by atoms with van der Waals surface area (Å²) >= 11 is 12.7. The average Bonchev–Trinajstić information content (AvgIpc) is 2.38. The van der Waals surface area contributed by atoms with Gasteiger partial charge in [0.2, 0.25) is 0 Å². The van der Waals surface area contributed by atoms with Gasteiger partial charge in [-0.2, -0.15) is 0 Å². The predicted molar refractivity (Wildman–Crippen MR) is 83.1 cm³/mol. The quantitative estimate of drug-likeness (QED) is 0.848. The van der Waals surface area contributed by atoms with E-state index in [4.69, 9.17) is 23.2 Å². The summed E-state index contributed by atoms with van der Waals surface area (Å²) in [5.41, 5.74) is 2.19. The Kier molecular flexibility index (Phi) is 5.28. The van der Waals surface area contributed by atoms with Crippen LogP contribution in [-0.2, 0) is 0 Å². The molecule has 0 spiro atoms. The van der Waals surface area contributed by atoms with Crippen LogP contribution in [0.1, 0.15) is 24.9 Å². The standard InChI is InChI=1S/C15H20Cl2N2/c1-11(2)10-14(19-8-6-18-7-9-19)15-12(16)4-3-5-13(15)17/h3-5,14,18H,1,6-10H2,2H3/t14-/m0/s1. The zero-order chi connectivity index (χ0) is 13.8. The van der Waals surface area contributed by atoms with Crippen molar-refractivity contribution < 1.29 is 0 Å². The lowest BCUT2D eigenvalue weighted by atomic mass is 9.97. The van der Waals surface area contributed by atoms with Gasteiger partial charge in [0.15, 0.2) is 0 Å². The lowest BCUT2D eigenvalue weighted by molar-refractivity contribution is 0.172. The fourth-order valence-corrected chi connectivity index (χ4v) is 3.22. The Morgan fingerprint density at radius 2 is 1.89 bits per heavy atom. The molecule has 0 aliphatic carbocycles. The molecule has 1 aromatic rings. The third kappa shape index (κ3) is 3.73. The van der Waals surface area contributed by atoms with Gasteiger partial charge in [-0.1, -0.05) is 34.8 Å². The predicted octanol–water partition coefficient (Wildman–Crippen LogP) is 3.91. The third-order valence-electron chi connectivity index (χ3n) is 3.47. The SMILES string of the molecule is C=C(C)C[C@@H](c1c(Cl)cccc1Cl)N1CCNCC1. The van der Waals surface area contributed by atoms with Crippen molar-refractivity contribution in [2.24, 2.45) is 0 Å². The minimum Gasteiger partial charge on any atom is -0.314 e. The molecule has 0 amide bonds. The molecule has 1 aromatic carbocycles. The molecule has 1 heterocycles. The second kappa shape index (κ2) is 6.76. The molecule has 104 valence electrons. The maximum Gasteiger partial charge on any atom is 0.0468 e. The number of hydrogen-bond acceptors (Lipinski definition) is 2. The van der Waals surface area contributed by atoms with Gasteiger partial charge in [-0.05, 0) is 25.5 Å². The number of nitrogens with one attached hydrogen (secondary N) is 1. The van der Waals surface area contributed by atoms with Crippen LogP contribution in [0, 0.1) is 0 Å². The maximum atomic E-state index is 6.37. The van der Waals surface area contributed by atoms with E-state index >= 15 is 0 Å². The molecule has 0 aromatic heterocycles. The van der Waals surface area contributed by atoms with Crippen LogP contribution in [0.4, 0.5) is 0 Å². The summed E-state index contributed by atoms with van der Waals surface area (Å²) in [6.07, 6.45) is 0.892. The first kappa shape index (κ1) is 14.9. The Morgan fingerprint density at radius 3 is 2.42 bits per heavy atom. The van der Waals surface area contributed by atoms with Crippen molar-refractivity contribution in [3.63, 3.8) is 0 Å². The summed E-state index contributed by atoms with van der Waals surface area (Å²) in [5, 5.41) is 4.87. The Labute approximate surface area is 125 Å². The number of piperazine rings is 1. The van der Waals surface area contributed by atoms with Gasteiger partial charge in [-0.3, -0.25) is 4.90 Å². The Balaban J connectivity index is 2.33. The minimum absolute atomic E-state index is 0.223. The van der Waals surface area contributed by atoms with Crippen molar-refractivity contribution in [3.05, 3.63) is 46.0 Å². The van der Waals surface area contributed by atoms with E-state index in [0.717, 1.165) is 53.8 Å². The van der Waals surface area contributed by atoms with E-state index < -0.39 is 0 Å². The van der Waals surface area contributed by atoms with Crippen LogP contribution in [0.3, 0.4) is 0 Å². The Hall–Kier alpha value is -0.540. The highest BCUT2D eigenvalue weighted by Gasteiger charge is 2.25. The van der Waals surface area contributed by atoms with Gasteiger partial charge < -0.3 is 5.32 Å². The molecule has 1 aliphatic rings. The molecule has 19 heavy (non-hydrogen) atoms. The molecule has 2 nitrogen and oxygen atoms in total. The second-order valence-electron chi connectivity index (χ2n) is 5.10. The molecule has 1 N–H and O–H groups in total. The van der Waals surface area contributed by atoms with Gasteiger partial charge in [0.25, 0.3) is 0 Å². The van der Waals surface area contributed by atoms with E-state index in [1.807, 2.05) is 18.2 Å². The number of hydrogen-bond donors (Lipinski definition) is 1. The van der Waals surface area contributed by atoms with Gasteiger partial charge >= 0.3 is 0 Å². The molecule has 1 aliphatic heterocycles. The summed E-state index contributed by atoms with van der Waals surface area (Å²) in [5.74, 6) is 0. The van der Waals surface area contributed by atoms with E-state index in [0.29, 0.717) is 0 Å². The summed E-state index contributed by atoms with van der Waals surface area (Å²) in [6, 6.07) is 5.94. The zero-order valence-electron chi connectivity index (χ0n) is 11.3. The van der Waals surface area contributed by atoms with Gasteiger partial charge in [0.05, 0.1) is 0 Å². The first-order valence-corrected chi connectivity index (χ1v) is 7.38. The van der Waals surface area contributed by atoms with Crippen molar-refractivity contribution in [1.82, 2.24) is 10.2 Å². The normalized spacial score (nSPS) is 18.3. The highest BCUT2D eigenvalue weighted by Crippen LogP contribution is 2.37. The number of benzene rings is 1.